The number of ether oxygens (including phenoxy) is 2. The molecule has 0 amide bonds. The Balaban J connectivity index is 2.46. The molecule has 1 heterocycles. The lowest BCUT2D eigenvalue weighted by atomic mass is 10.2. The van der Waals surface area contributed by atoms with Crippen LogP contribution < -0.4 is 4.74 Å². The highest BCUT2D eigenvalue weighted by atomic mass is 31.2. The summed E-state index contributed by atoms with van der Waals surface area (Å²) >= 11 is 0. The van der Waals surface area contributed by atoms with E-state index in [4.69, 9.17) is 18.5 Å². The molecule has 0 saturated carbocycles. The minimum Gasteiger partial charge on any atom is -0.463 e. The van der Waals surface area contributed by atoms with E-state index in [9.17, 15) is 4.57 Å². The lowest BCUT2D eigenvalue weighted by Gasteiger charge is -2.39. The molecule has 5 nitrogen and oxygen atoms in total. The Morgan fingerprint density at radius 3 is 2.40 bits per heavy atom. The smallest absolute Gasteiger partial charge is 0.364 e. The third-order valence-electron chi connectivity index (χ3n) is 2.84. The second-order valence-corrected chi connectivity index (χ2v) is 6.95. The number of hydrogen-bond donors (Lipinski definition) is 0. The Bertz CT molecular complexity index is 504. The molecule has 0 aromatic heterocycles. The Hall–Kier alpha value is -0.870. The van der Waals surface area contributed by atoms with Crippen LogP contribution in [0.25, 0.3) is 0 Å². The van der Waals surface area contributed by atoms with Gasteiger partial charge in [-0.25, -0.2) is 0 Å². The maximum Gasteiger partial charge on any atom is 0.364 e. The van der Waals surface area contributed by atoms with Gasteiger partial charge in [0.2, 0.25) is 5.79 Å². The van der Waals surface area contributed by atoms with Crippen molar-refractivity contribution < 1.29 is 23.1 Å². The van der Waals surface area contributed by atoms with Crippen molar-refractivity contribution in [1.82, 2.24) is 0 Å². The van der Waals surface area contributed by atoms with E-state index in [1.54, 1.807) is 27.7 Å². The van der Waals surface area contributed by atoms with Crippen molar-refractivity contribution in [2.45, 2.75) is 39.3 Å². The zero-order valence-corrected chi connectivity index (χ0v) is 13.2. The maximum atomic E-state index is 13.0. The largest absolute Gasteiger partial charge is 0.463 e. The van der Waals surface area contributed by atoms with Crippen LogP contribution in [0, 0.1) is 0 Å². The molecule has 0 spiro atoms. The van der Waals surface area contributed by atoms with Crippen LogP contribution in [0.4, 0.5) is 0 Å². The van der Waals surface area contributed by atoms with Gasteiger partial charge in [-0.2, -0.15) is 0 Å². The zero-order chi connectivity index (χ0) is 14.8. The number of hydrogen-bond acceptors (Lipinski definition) is 5. The Morgan fingerprint density at radius 1 is 1.20 bits per heavy atom. The van der Waals surface area contributed by atoms with Gasteiger partial charge < -0.3 is 18.5 Å². The summed E-state index contributed by atoms with van der Waals surface area (Å²) in [5, 5.41) is 0. The Morgan fingerprint density at radius 2 is 1.80 bits per heavy atom. The fourth-order valence-corrected chi connectivity index (χ4v) is 4.17. The summed E-state index contributed by atoms with van der Waals surface area (Å²) in [4.78, 5) is 0. The quantitative estimate of drug-likeness (QED) is 0.766. The molecule has 0 radical (unpaired) electrons. The van der Waals surface area contributed by atoms with Gasteiger partial charge in [0.1, 0.15) is 5.75 Å². The normalized spacial score (nSPS) is 21.1. The highest BCUT2D eigenvalue weighted by Gasteiger charge is 2.46. The molecule has 0 N–H and O–H groups in total. The molecular weight excluding hydrogens is 279 g/mol. The molecule has 20 heavy (non-hydrogen) atoms. The van der Waals surface area contributed by atoms with Crippen LogP contribution >= 0.6 is 7.60 Å². The fraction of sp³-hybridized carbons (Fsp3) is 0.571. The van der Waals surface area contributed by atoms with E-state index >= 15 is 0 Å². The number of fused-ring (bicyclic) bond motifs is 1. The van der Waals surface area contributed by atoms with E-state index in [-0.39, 0.29) is 0 Å². The van der Waals surface area contributed by atoms with Crippen molar-refractivity contribution in [1.29, 1.82) is 0 Å². The first kappa shape index (κ1) is 15.5. The van der Waals surface area contributed by atoms with Gasteiger partial charge in [-0.3, -0.25) is 4.57 Å². The molecule has 0 saturated heterocycles. The first-order valence-corrected chi connectivity index (χ1v) is 8.37. The number of para-hydroxylation sites is 1. The lowest BCUT2D eigenvalue weighted by molar-refractivity contribution is -0.190. The van der Waals surface area contributed by atoms with Crippen LogP contribution in [0.1, 0.15) is 39.1 Å². The molecule has 1 aromatic carbocycles. The zero-order valence-electron chi connectivity index (χ0n) is 12.3. The SMILES string of the molecule is CCOP(=O)(OCC)C1OC(C)(C)Oc2ccccc21. The molecule has 1 unspecified atom stereocenters. The molecule has 6 heteroatoms. The summed E-state index contributed by atoms with van der Waals surface area (Å²) in [6, 6.07) is 7.36. The van der Waals surface area contributed by atoms with E-state index in [1.165, 1.54) is 0 Å². The summed E-state index contributed by atoms with van der Waals surface area (Å²) in [6.45, 7) is 7.70. The highest BCUT2D eigenvalue weighted by Crippen LogP contribution is 2.65. The summed E-state index contributed by atoms with van der Waals surface area (Å²) < 4.78 is 35.4. The minimum absolute atomic E-state index is 0.292. The van der Waals surface area contributed by atoms with Gasteiger partial charge in [0.15, 0.2) is 5.85 Å². The number of rotatable bonds is 5. The average Bonchev–Trinajstić information content (AvgIpc) is 2.37. The van der Waals surface area contributed by atoms with E-state index in [2.05, 4.69) is 0 Å². The van der Waals surface area contributed by atoms with Gasteiger partial charge in [-0.05, 0) is 19.9 Å². The summed E-state index contributed by atoms with van der Waals surface area (Å²) in [5.41, 5.74) is 0.692. The third-order valence-corrected chi connectivity index (χ3v) is 5.04. The predicted octanol–water partition coefficient (Wildman–Crippen LogP) is 4.10. The molecular formula is C14H21O5P. The fourth-order valence-electron chi connectivity index (χ4n) is 2.17. The van der Waals surface area contributed by atoms with Crippen molar-refractivity contribution in [3.63, 3.8) is 0 Å². The molecule has 1 aliphatic rings. The van der Waals surface area contributed by atoms with Gasteiger partial charge in [0, 0.05) is 19.4 Å². The summed E-state index contributed by atoms with van der Waals surface area (Å²) in [6.07, 6.45) is 0. The topological polar surface area (TPSA) is 54.0 Å². The molecule has 0 fully saturated rings. The van der Waals surface area contributed by atoms with Crippen LogP contribution in [0.15, 0.2) is 24.3 Å². The van der Waals surface area contributed by atoms with Gasteiger partial charge in [-0.15, -0.1) is 0 Å². The van der Waals surface area contributed by atoms with Crippen LogP contribution in [-0.4, -0.2) is 19.0 Å². The van der Waals surface area contributed by atoms with Crippen molar-refractivity contribution in [2.75, 3.05) is 13.2 Å². The standard InChI is InChI=1S/C14H21O5P/c1-5-16-20(15,17-6-2)13-11-9-7-8-10-12(11)18-14(3,4)19-13/h7-10,13H,5-6H2,1-4H3. The maximum absolute atomic E-state index is 13.0. The van der Waals surface area contributed by atoms with Crippen LogP contribution in [0.5, 0.6) is 5.75 Å². The van der Waals surface area contributed by atoms with Gasteiger partial charge in [-0.1, -0.05) is 18.2 Å². The monoisotopic (exact) mass is 300 g/mol. The van der Waals surface area contributed by atoms with Gasteiger partial charge >= 0.3 is 7.60 Å². The second-order valence-electron chi connectivity index (χ2n) is 4.89. The molecule has 1 aliphatic heterocycles. The predicted molar refractivity (Wildman–Crippen MR) is 75.8 cm³/mol. The van der Waals surface area contributed by atoms with E-state index in [0.29, 0.717) is 24.5 Å². The molecule has 2 rings (SSSR count). The minimum atomic E-state index is -3.41. The van der Waals surface area contributed by atoms with Crippen LogP contribution in [0.3, 0.4) is 0 Å². The molecule has 1 atom stereocenters. The second kappa shape index (κ2) is 5.86. The highest BCUT2D eigenvalue weighted by molar-refractivity contribution is 7.54. The van der Waals surface area contributed by atoms with Crippen molar-refractivity contribution in [3.8, 4) is 5.75 Å². The summed E-state index contributed by atoms with van der Waals surface area (Å²) in [7, 11) is -3.41. The van der Waals surface area contributed by atoms with E-state index in [1.807, 2.05) is 24.3 Å². The van der Waals surface area contributed by atoms with Gasteiger partial charge in [0.25, 0.3) is 0 Å². The molecule has 0 bridgehead atoms. The third kappa shape index (κ3) is 3.07. The molecule has 1 aromatic rings. The Kier molecular flexibility index (Phi) is 4.55. The number of benzene rings is 1. The van der Waals surface area contributed by atoms with Crippen LogP contribution in [0.2, 0.25) is 0 Å². The average molecular weight is 300 g/mol. The van der Waals surface area contributed by atoms with Gasteiger partial charge in [0.05, 0.1) is 13.2 Å². The lowest BCUT2D eigenvalue weighted by Crippen LogP contribution is -2.38. The van der Waals surface area contributed by atoms with Crippen molar-refractivity contribution in [3.05, 3.63) is 29.8 Å². The Labute approximate surface area is 119 Å². The first-order chi connectivity index (χ1) is 9.42. The van der Waals surface area contributed by atoms with Crippen LogP contribution in [-0.2, 0) is 18.3 Å². The van der Waals surface area contributed by atoms with Crippen molar-refractivity contribution >= 4 is 7.60 Å². The van der Waals surface area contributed by atoms with E-state index < -0.39 is 19.2 Å². The van der Waals surface area contributed by atoms with Crippen molar-refractivity contribution in [2.24, 2.45) is 0 Å². The summed E-state index contributed by atoms with van der Waals surface area (Å²) in [5.74, 6) is -1.01. The van der Waals surface area contributed by atoms with E-state index in [0.717, 1.165) is 0 Å². The molecule has 112 valence electrons. The molecule has 0 aliphatic carbocycles. The first-order valence-electron chi connectivity index (χ1n) is 6.76.